The molecule has 0 amide bonds. The predicted molar refractivity (Wildman–Crippen MR) is 52.8 cm³/mol. The van der Waals surface area contributed by atoms with Gasteiger partial charge < -0.3 is 19.5 Å². The third kappa shape index (κ3) is 2.58. The molecule has 0 bridgehead atoms. The Morgan fingerprint density at radius 2 is 2.36 bits per heavy atom. The molecule has 1 heterocycles. The van der Waals surface area contributed by atoms with Gasteiger partial charge in [-0.25, -0.2) is 4.99 Å². The van der Waals surface area contributed by atoms with Crippen LogP contribution in [0.4, 0.5) is 0 Å². The number of aliphatic hydroxyl groups is 1. The Bertz CT molecular complexity index is 252. The lowest BCUT2D eigenvalue weighted by Crippen LogP contribution is -2.37. The molecule has 0 aliphatic carbocycles. The Morgan fingerprint density at radius 3 is 2.93 bits per heavy atom. The molecule has 1 aliphatic rings. The van der Waals surface area contributed by atoms with Gasteiger partial charge in [-0.15, -0.1) is 6.58 Å². The van der Waals surface area contributed by atoms with Crippen molar-refractivity contribution in [3.05, 3.63) is 25.1 Å². The molecule has 5 heteroatoms. The van der Waals surface area contributed by atoms with Gasteiger partial charge in [0.1, 0.15) is 6.10 Å². The first-order valence-electron chi connectivity index (χ1n) is 4.15. The van der Waals surface area contributed by atoms with E-state index in [4.69, 9.17) is 14.6 Å². The summed E-state index contributed by atoms with van der Waals surface area (Å²) in [5.41, 5.74) is 0. The van der Waals surface area contributed by atoms with Gasteiger partial charge >= 0.3 is 0 Å². The largest absolute Gasteiger partial charge is 0.494 e. The molecule has 1 N–H and O–H groups in total. The van der Waals surface area contributed by atoms with Gasteiger partial charge in [0.2, 0.25) is 5.88 Å². The zero-order chi connectivity index (χ0) is 10.6. The van der Waals surface area contributed by atoms with Crippen LogP contribution in [0.5, 0.6) is 0 Å². The molecule has 0 radical (unpaired) electrons. The van der Waals surface area contributed by atoms with Gasteiger partial charge in [-0.3, -0.25) is 0 Å². The lowest BCUT2D eigenvalue weighted by molar-refractivity contribution is 0.0125. The summed E-state index contributed by atoms with van der Waals surface area (Å²) in [5.74, 6) is -0.245. The highest BCUT2D eigenvalue weighted by Crippen LogP contribution is 2.15. The summed E-state index contributed by atoms with van der Waals surface area (Å²) < 4.78 is 10.5. The van der Waals surface area contributed by atoms with Crippen LogP contribution in [-0.2, 0) is 9.47 Å². The highest BCUT2D eigenvalue weighted by Gasteiger charge is 2.29. The van der Waals surface area contributed by atoms with E-state index in [1.54, 1.807) is 18.0 Å². The molecular formula is C9H14N2O3. The van der Waals surface area contributed by atoms with E-state index in [1.807, 2.05) is 0 Å². The van der Waals surface area contributed by atoms with Crippen molar-refractivity contribution in [3.8, 4) is 0 Å². The van der Waals surface area contributed by atoms with Crippen molar-refractivity contribution < 1.29 is 14.6 Å². The zero-order valence-corrected chi connectivity index (χ0v) is 8.09. The molecule has 2 atom stereocenters. The van der Waals surface area contributed by atoms with Gasteiger partial charge in [-0.05, 0) is 6.58 Å². The van der Waals surface area contributed by atoms with Crippen LogP contribution >= 0.6 is 0 Å². The maximum absolute atomic E-state index is 8.76. The van der Waals surface area contributed by atoms with Crippen LogP contribution in [-0.4, -0.2) is 42.5 Å². The van der Waals surface area contributed by atoms with Crippen LogP contribution in [0.2, 0.25) is 0 Å². The Hall–Kier alpha value is -1.33. The molecule has 78 valence electrons. The van der Waals surface area contributed by atoms with E-state index < -0.39 is 0 Å². The summed E-state index contributed by atoms with van der Waals surface area (Å²) >= 11 is 0. The molecule has 0 aromatic carbocycles. The third-order valence-electron chi connectivity index (χ3n) is 1.80. The minimum Gasteiger partial charge on any atom is -0.494 e. The maximum Gasteiger partial charge on any atom is 0.204 e. The summed E-state index contributed by atoms with van der Waals surface area (Å²) in [4.78, 5) is 5.31. The highest BCUT2D eigenvalue weighted by molar-refractivity contribution is 5.56. The number of hydrogen-bond acceptors (Lipinski definition) is 4. The molecule has 1 fully saturated rings. The third-order valence-corrected chi connectivity index (χ3v) is 1.80. The number of aliphatic imine (C=N–C) groups is 1. The Labute approximate surface area is 83.0 Å². The summed E-state index contributed by atoms with van der Waals surface area (Å²) in [7, 11) is 1.77. The van der Waals surface area contributed by atoms with E-state index in [0.29, 0.717) is 0 Å². The second kappa shape index (κ2) is 4.78. The number of ether oxygens (including phenoxy) is 2. The van der Waals surface area contributed by atoms with E-state index in [-0.39, 0.29) is 25.0 Å². The minimum absolute atomic E-state index is 0.182. The second-order valence-corrected chi connectivity index (χ2v) is 2.87. The first-order chi connectivity index (χ1) is 6.65. The van der Waals surface area contributed by atoms with E-state index in [9.17, 15) is 0 Å². The van der Waals surface area contributed by atoms with Crippen LogP contribution in [0.3, 0.4) is 0 Å². The molecule has 0 aromatic rings. The van der Waals surface area contributed by atoms with Crippen molar-refractivity contribution in [3.63, 3.8) is 0 Å². The van der Waals surface area contributed by atoms with E-state index in [1.165, 1.54) is 6.34 Å². The fraction of sp³-hybridized carbons (Fsp3) is 0.444. The molecule has 1 saturated heterocycles. The predicted octanol–water partition coefficient (Wildman–Crippen LogP) is 0.861. The summed E-state index contributed by atoms with van der Waals surface area (Å²) in [6.07, 6.45) is 2.66. The lowest BCUT2D eigenvalue weighted by Gasteiger charge is -2.22. The quantitative estimate of drug-likeness (QED) is 0.315. The van der Waals surface area contributed by atoms with Crippen molar-refractivity contribution >= 4 is 6.34 Å². The number of aliphatic hydroxyl groups excluding tert-OH is 1. The normalized spacial score (nSPS) is 26.6. The fourth-order valence-electron chi connectivity index (χ4n) is 1.12. The van der Waals surface area contributed by atoms with Crippen molar-refractivity contribution in [1.29, 1.82) is 0 Å². The minimum atomic E-state index is -0.254. The van der Waals surface area contributed by atoms with Crippen molar-refractivity contribution in [1.82, 2.24) is 4.90 Å². The van der Waals surface area contributed by atoms with Crippen LogP contribution in [0.15, 0.2) is 30.1 Å². The Balaban J connectivity index is 2.55. The monoisotopic (exact) mass is 198 g/mol. The zero-order valence-electron chi connectivity index (χ0n) is 8.09. The molecule has 5 nitrogen and oxygen atoms in total. The topological polar surface area (TPSA) is 54.3 Å². The molecule has 0 saturated carbocycles. The fourth-order valence-corrected chi connectivity index (χ4v) is 1.12. The van der Waals surface area contributed by atoms with E-state index >= 15 is 0 Å². The Morgan fingerprint density at radius 1 is 1.64 bits per heavy atom. The van der Waals surface area contributed by atoms with Gasteiger partial charge in [0, 0.05) is 7.05 Å². The average molecular weight is 198 g/mol. The van der Waals surface area contributed by atoms with Gasteiger partial charge in [-0.1, -0.05) is 6.08 Å². The number of hydrogen-bond donors (Lipinski definition) is 1. The summed E-state index contributed by atoms with van der Waals surface area (Å²) in [5, 5.41) is 8.76. The standard InChI is InChI=1S/C9H14N2O3/c1-4-8-9(14-6-13-8)11(3)5-10-7(2)12/h4-5,8-9,12H,1-2,6H2,3H3. The Kier molecular flexibility index (Phi) is 3.67. The van der Waals surface area contributed by atoms with Gasteiger partial charge in [0.15, 0.2) is 13.0 Å². The first kappa shape index (κ1) is 10.7. The van der Waals surface area contributed by atoms with Crippen molar-refractivity contribution in [2.45, 2.75) is 12.3 Å². The molecule has 1 rings (SSSR count). The number of rotatable bonds is 4. The lowest BCUT2D eigenvalue weighted by atomic mass is 10.3. The van der Waals surface area contributed by atoms with Crippen molar-refractivity contribution in [2.75, 3.05) is 13.8 Å². The van der Waals surface area contributed by atoms with E-state index in [2.05, 4.69) is 18.2 Å². The van der Waals surface area contributed by atoms with Crippen LogP contribution in [0, 0.1) is 0 Å². The molecule has 1 aliphatic heterocycles. The summed E-state index contributed by atoms with van der Waals surface area (Å²) in [6, 6.07) is 0. The van der Waals surface area contributed by atoms with Gasteiger partial charge in [-0.2, -0.15) is 0 Å². The smallest absolute Gasteiger partial charge is 0.204 e. The van der Waals surface area contributed by atoms with E-state index in [0.717, 1.165) is 0 Å². The molecule has 14 heavy (non-hydrogen) atoms. The first-order valence-corrected chi connectivity index (χ1v) is 4.15. The van der Waals surface area contributed by atoms with Crippen LogP contribution in [0.1, 0.15) is 0 Å². The van der Waals surface area contributed by atoms with Crippen molar-refractivity contribution in [2.24, 2.45) is 4.99 Å². The number of likely N-dealkylation sites (N-methyl/N-ethyl adjacent to an activating group) is 1. The van der Waals surface area contributed by atoms with Crippen LogP contribution in [0.25, 0.3) is 0 Å². The maximum atomic E-state index is 8.76. The SMILES string of the molecule is C=CC1OCOC1N(C)C=NC(=C)O. The molecular weight excluding hydrogens is 184 g/mol. The molecule has 0 spiro atoms. The summed E-state index contributed by atoms with van der Waals surface area (Å²) in [6.45, 7) is 7.09. The van der Waals surface area contributed by atoms with Crippen LogP contribution < -0.4 is 0 Å². The second-order valence-electron chi connectivity index (χ2n) is 2.87. The highest BCUT2D eigenvalue weighted by atomic mass is 16.7. The number of nitrogens with zero attached hydrogens (tertiary/aromatic N) is 2. The molecule has 2 unspecified atom stereocenters. The molecule has 0 aromatic heterocycles. The van der Waals surface area contributed by atoms with Gasteiger partial charge in [0.25, 0.3) is 0 Å². The van der Waals surface area contributed by atoms with Gasteiger partial charge in [0.05, 0.1) is 6.34 Å². The average Bonchev–Trinajstić information content (AvgIpc) is 2.61.